The number of imide groups is 1. The van der Waals surface area contributed by atoms with Crippen LogP contribution in [0.25, 0.3) is 6.08 Å². The van der Waals surface area contributed by atoms with E-state index in [1.807, 2.05) is 48.5 Å². The fraction of sp³-hybridized carbons (Fsp3) is 0.0833. The van der Waals surface area contributed by atoms with Gasteiger partial charge in [0.05, 0.1) is 11.4 Å². The molecular weight excluding hydrogens is 453 g/mol. The lowest BCUT2D eigenvalue weighted by atomic mass is 10.2. The van der Waals surface area contributed by atoms with E-state index in [4.69, 9.17) is 27.9 Å². The molecule has 4 nitrogen and oxygen atoms in total. The van der Waals surface area contributed by atoms with E-state index in [1.54, 1.807) is 30.3 Å². The maximum atomic E-state index is 12.7. The second-order valence-corrected chi connectivity index (χ2v) is 8.74. The molecule has 0 N–H and O–H groups in total. The van der Waals surface area contributed by atoms with Gasteiger partial charge < -0.3 is 4.74 Å². The molecule has 0 aliphatic carbocycles. The number of amides is 2. The summed E-state index contributed by atoms with van der Waals surface area (Å²) in [5.74, 6) is 0.413. The van der Waals surface area contributed by atoms with Crippen molar-refractivity contribution in [3.05, 3.63) is 104 Å². The first-order valence-electron chi connectivity index (χ1n) is 9.45. The molecule has 1 saturated heterocycles. The highest BCUT2D eigenvalue weighted by molar-refractivity contribution is 8.18. The van der Waals surface area contributed by atoms with Crippen LogP contribution in [0.3, 0.4) is 0 Å². The summed E-state index contributed by atoms with van der Waals surface area (Å²) in [5.41, 5.74) is 2.67. The van der Waals surface area contributed by atoms with Crippen molar-refractivity contribution in [3.8, 4) is 5.75 Å². The molecular formula is C24H17Cl2NO3S. The number of ether oxygens (including phenoxy) is 1. The first-order valence-corrected chi connectivity index (χ1v) is 11.0. The Hall–Kier alpha value is -2.73. The number of halogens is 2. The largest absolute Gasteiger partial charge is 0.489 e. The molecule has 3 aromatic rings. The standard InChI is InChI=1S/C24H17Cl2NO3S/c25-19-7-1-17(2-8-19)14-27-23(28)22(31-24(27)29)13-16-5-11-21(12-6-16)30-15-18-3-9-20(26)10-4-18/h1-13H,14-15H2/b22-13-. The quantitative estimate of drug-likeness (QED) is 0.372. The zero-order valence-electron chi connectivity index (χ0n) is 16.3. The molecule has 1 fully saturated rings. The normalized spacial score (nSPS) is 15.0. The topological polar surface area (TPSA) is 46.6 Å². The van der Waals surface area contributed by atoms with Crippen LogP contribution in [0.4, 0.5) is 4.79 Å². The van der Waals surface area contributed by atoms with E-state index < -0.39 is 0 Å². The van der Waals surface area contributed by atoms with Crippen LogP contribution < -0.4 is 4.74 Å². The zero-order chi connectivity index (χ0) is 21.8. The van der Waals surface area contributed by atoms with Crippen LogP contribution in [-0.4, -0.2) is 16.0 Å². The summed E-state index contributed by atoms with van der Waals surface area (Å²) in [5, 5.41) is 1.01. The van der Waals surface area contributed by atoms with Crippen LogP contribution in [0, 0.1) is 0 Å². The molecule has 1 aliphatic rings. The predicted molar refractivity (Wildman–Crippen MR) is 125 cm³/mol. The second kappa shape index (κ2) is 9.60. The van der Waals surface area contributed by atoms with Gasteiger partial charge in [-0.2, -0.15) is 0 Å². The number of benzene rings is 3. The lowest BCUT2D eigenvalue weighted by Crippen LogP contribution is -2.27. The molecule has 2 amide bonds. The first-order chi connectivity index (χ1) is 15.0. The summed E-state index contributed by atoms with van der Waals surface area (Å²) in [6.45, 7) is 0.650. The van der Waals surface area contributed by atoms with E-state index in [9.17, 15) is 9.59 Å². The average molecular weight is 470 g/mol. The highest BCUT2D eigenvalue weighted by atomic mass is 35.5. The third-order valence-electron chi connectivity index (χ3n) is 4.62. The molecule has 0 saturated carbocycles. The van der Waals surface area contributed by atoms with Gasteiger partial charge >= 0.3 is 0 Å². The van der Waals surface area contributed by atoms with E-state index >= 15 is 0 Å². The Morgan fingerprint density at radius 2 is 1.39 bits per heavy atom. The Morgan fingerprint density at radius 1 is 0.806 bits per heavy atom. The van der Waals surface area contributed by atoms with Gasteiger partial charge in [0.15, 0.2) is 0 Å². The van der Waals surface area contributed by atoms with Crippen molar-refractivity contribution in [3.63, 3.8) is 0 Å². The maximum Gasteiger partial charge on any atom is 0.293 e. The first kappa shape index (κ1) is 21.5. The lowest BCUT2D eigenvalue weighted by Gasteiger charge is -2.12. The number of carbonyl (C=O) groups is 2. The Labute approximate surface area is 194 Å². The Morgan fingerprint density at radius 3 is 2.00 bits per heavy atom. The van der Waals surface area contributed by atoms with Crippen molar-refractivity contribution in [2.75, 3.05) is 0 Å². The molecule has 3 aromatic carbocycles. The van der Waals surface area contributed by atoms with Gasteiger partial charge in [0, 0.05) is 10.0 Å². The minimum atomic E-state index is -0.298. The van der Waals surface area contributed by atoms with Gasteiger partial charge in [-0.25, -0.2) is 0 Å². The van der Waals surface area contributed by atoms with Crippen molar-refractivity contribution >= 4 is 52.2 Å². The average Bonchev–Trinajstić information content (AvgIpc) is 3.03. The zero-order valence-corrected chi connectivity index (χ0v) is 18.6. The van der Waals surface area contributed by atoms with E-state index in [1.165, 1.54) is 4.90 Å². The van der Waals surface area contributed by atoms with Crippen LogP contribution in [-0.2, 0) is 17.9 Å². The van der Waals surface area contributed by atoms with E-state index in [0.29, 0.717) is 27.3 Å². The Balaban J connectivity index is 1.39. The van der Waals surface area contributed by atoms with Gasteiger partial charge in [0.25, 0.3) is 11.1 Å². The van der Waals surface area contributed by atoms with Gasteiger partial charge in [-0.05, 0) is 70.9 Å². The number of rotatable bonds is 6. The van der Waals surface area contributed by atoms with Gasteiger partial charge in [-0.1, -0.05) is 59.6 Å². The molecule has 7 heteroatoms. The monoisotopic (exact) mass is 469 g/mol. The van der Waals surface area contributed by atoms with Crippen molar-refractivity contribution < 1.29 is 14.3 Å². The molecule has 1 heterocycles. The minimum absolute atomic E-state index is 0.219. The Bertz CT molecular complexity index is 1130. The number of nitrogens with zero attached hydrogens (tertiary/aromatic N) is 1. The SMILES string of the molecule is O=C1S/C(=C\c2ccc(OCc3ccc(Cl)cc3)cc2)C(=O)N1Cc1ccc(Cl)cc1. The summed E-state index contributed by atoms with van der Waals surface area (Å²) < 4.78 is 5.78. The van der Waals surface area contributed by atoms with Crippen LogP contribution in [0.1, 0.15) is 16.7 Å². The fourth-order valence-electron chi connectivity index (χ4n) is 2.97. The highest BCUT2D eigenvalue weighted by Gasteiger charge is 2.34. The van der Waals surface area contributed by atoms with Crippen molar-refractivity contribution in [2.24, 2.45) is 0 Å². The summed E-state index contributed by atoms with van der Waals surface area (Å²) >= 11 is 12.7. The smallest absolute Gasteiger partial charge is 0.293 e. The molecule has 1 aliphatic heterocycles. The highest BCUT2D eigenvalue weighted by Crippen LogP contribution is 2.33. The van der Waals surface area contributed by atoms with E-state index in [0.717, 1.165) is 28.5 Å². The lowest BCUT2D eigenvalue weighted by molar-refractivity contribution is -0.123. The molecule has 0 radical (unpaired) electrons. The maximum absolute atomic E-state index is 12.7. The molecule has 0 aromatic heterocycles. The van der Waals surface area contributed by atoms with Gasteiger partial charge in [0.1, 0.15) is 12.4 Å². The molecule has 0 spiro atoms. The van der Waals surface area contributed by atoms with E-state index in [2.05, 4.69) is 0 Å². The third kappa shape index (κ3) is 5.50. The molecule has 0 bridgehead atoms. The summed E-state index contributed by atoms with van der Waals surface area (Å²) in [6.07, 6.45) is 1.72. The third-order valence-corrected chi connectivity index (χ3v) is 6.04. The molecule has 31 heavy (non-hydrogen) atoms. The van der Waals surface area contributed by atoms with Crippen LogP contribution >= 0.6 is 35.0 Å². The van der Waals surface area contributed by atoms with Crippen molar-refractivity contribution in [1.29, 1.82) is 0 Å². The minimum Gasteiger partial charge on any atom is -0.489 e. The number of hydrogen-bond donors (Lipinski definition) is 0. The van der Waals surface area contributed by atoms with Crippen molar-refractivity contribution in [1.82, 2.24) is 4.90 Å². The van der Waals surface area contributed by atoms with Gasteiger partial charge in [-0.3, -0.25) is 14.5 Å². The summed E-state index contributed by atoms with van der Waals surface area (Å²) in [4.78, 5) is 26.7. The van der Waals surface area contributed by atoms with Crippen LogP contribution in [0.5, 0.6) is 5.75 Å². The number of carbonyl (C=O) groups excluding carboxylic acids is 2. The summed E-state index contributed by atoms with van der Waals surface area (Å²) in [6, 6.07) is 21.9. The van der Waals surface area contributed by atoms with Crippen molar-refractivity contribution in [2.45, 2.75) is 13.2 Å². The van der Waals surface area contributed by atoms with Gasteiger partial charge in [0.2, 0.25) is 0 Å². The fourth-order valence-corrected chi connectivity index (χ4v) is 4.06. The van der Waals surface area contributed by atoms with Gasteiger partial charge in [-0.15, -0.1) is 0 Å². The molecule has 0 unspecified atom stereocenters. The number of hydrogen-bond acceptors (Lipinski definition) is 4. The Kier molecular flexibility index (Phi) is 6.66. The van der Waals surface area contributed by atoms with Crippen LogP contribution in [0.2, 0.25) is 10.0 Å². The van der Waals surface area contributed by atoms with Crippen LogP contribution in [0.15, 0.2) is 77.7 Å². The van der Waals surface area contributed by atoms with E-state index in [-0.39, 0.29) is 17.7 Å². The molecule has 0 atom stereocenters. The molecule has 4 rings (SSSR count). The second-order valence-electron chi connectivity index (χ2n) is 6.88. The molecule has 156 valence electrons. The summed E-state index contributed by atoms with van der Waals surface area (Å²) in [7, 11) is 0. The predicted octanol–water partition coefficient (Wildman–Crippen LogP) is 6.81. The number of thioether (sulfide) groups is 1.